The van der Waals surface area contributed by atoms with E-state index in [2.05, 4.69) is 10.3 Å². The van der Waals surface area contributed by atoms with Gasteiger partial charge in [-0.05, 0) is 47.7 Å². The summed E-state index contributed by atoms with van der Waals surface area (Å²) in [6.07, 6.45) is 1.75. The number of amides is 1. The maximum Gasteiger partial charge on any atom is 0.264 e. The van der Waals surface area contributed by atoms with Gasteiger partial charge in [0.25, 0.3) is 5.91 Å². The molecule has 6 nitrogen and oxygen atoms in total. The van der Waals surface area contributed by atoms with E-state index in [4.69, 9.17) is 14.7 Å². The number of hydrogen-bond donors (Lipinski definition) is 1. The molecule has 0 unspecified atom stereocenters. The van der Waals surface area contributed by atoms with Gasteiger partial charge in [-0.3, -0.25) is 4.79 Å². The molecule has 26 heavy (non-hydrogen) atoms. The van der Waals surface area contributed by atoms with Gasteiger partial charge >= 0.3 is 0 Å². The number of benzene rings is 2. The number of amidine groups is 1. The van der Waals surface area contributed by atoms with Crippen LogP contribution in [-0.4, -0.2) is 24.8 Å². The Bertz CT molecular complexity index is 917. The Kier molecular flexibility index (Phi) is 5.56. The minimum atomic E-state index is -0.201. The van der Waals surface area contributed by atoms with Crippen molar-refractivity contribution in [2.75, 3.05) is 13.7 Å². The highest BCUT2D eigenvalue weighted by Crippen LogP contribution is 2.32. The molecule has 1 amide bonds. The average Bonchev–Trinajstić information content (AvgIpc) is 3.00. The summed E-state index contributed by atoms with van der Waals surface area (Å²) in [7, 11) is 1.52. The molecule has 0 saturated carbocycles. The summed E-state index contributed by atoms with van der Waals surface area (Å²) in [6.45, 7) is -0.0611. The lowest BCUT2D eigenvalue weighted by Crippen LogP contribution is -2.19. The van der Waals surface area contributed by atoms with Crippen LogP contribution in [0.2, 0.25) is 0 Å². The van der Waals surface area contributed by atoms with Crippen LogP contribution in [-0.2, 0) is 4.79 Å². The maximum atomic E-state index is 12.2. The Morgan fingerprint density at radius 2 is 2.04 bits per heavy atom. The molecule has 1 aliphatic rings. The van der Waals surface area contributed by atoms with Crippen molar-refractivity contribution in [3.05, 3.63) is 59.0 Å². The second-order valence-electron chi connectivity index (χ2n) is 5.17. The van der Waals surface area contributed by atoms with Gasteiger partial charge in [-0.2, -0.15) is 5.26 Å². The molecule has 3 rings (SSSR count). The molecule has 0 radical (unpaired) electrons. The zero-order valence-electron chi connectivity index (χ0n) is 13.9. The summed E-state index contributed by atoms with van der Waals surface area (Å²) in [5.41, 5.74) is 1.56. The van der Waals surface area contributed by atoms with Crippen LogP contribution in [0.3, 0.4) is 0 Å². The van der Waals surface area contributed by atoms with Crippen LogP contribution in [0.25, 0.3) is 6.08 Å². The predicted molar refractivity (Wildman–Crippen MR) is 101 cm³/mol. The van der Waals surface area contributed by atoms with Crippen LogP contribution in [0, 0.1) is 11.3 Å². The Morgan fingerprint density at radius 3 is 2.77 bits per heavy atom. The van der Waals surface area contributed by atoms with Gasteiger partial charge in [-0.15, -0.1) is 0 Å². The Labute approximate surface area is 155 Å². The van der Waals surface area contributed by atoms with Crippen molar-refractivity contribution in [3.63, 3.8) is 0 Å². The molecule has 1 aliphatic heterocycles. The van der Waals surface area contributed by atoms with Crippen LogP contribution in [0.15, 0.2) is 58.4 Å². The minimum absolute atomic E-state index is 0.0611. The molecule has 0 atom stereocenters. The van der Waals surface area contributed by atoms with Gasteiger partial charge in [-0.1, -0.05) is 24.3 Å². The van der Waals surface area contributed by atoms with E-state index in [0.717, 1.165) is 11.3 Å². The molecule has 1 saturated heterocycles. The lowest BCUT2D eigenvalue weighted by Gasteiger charge is -2.08. The van der Waals surface area contributed by atoms with Crippen LogP contribution >= 0.6 is 11.8 Å². The number of carbonyl (C=O) groups is 1. The summed E-state index contributed by atoms with van der Waals surface area (Å²) >= 11 is 1.28. The third kappa shape index (κ3) is 4.23. The summed E-state index contributed by atoms with van der Waals surface area (Å²) in [5, 5.41) is 11.9. The van der Waals surface area contributed by atoms with E-state index in [9.17, 15) is 4.79 Å². The van der Waals surface area contributed by atoms with Crippen LogP contribution in [0.4, 0.5) is 5.69 Å². The Hall–Kier alpha value is -3.24. The van der Waals surface area contributed by atoms with E-state index in [0.29, 0.717) is 21.6 Å². The molecule has 1 heterocycles. The van der Waals surface area contributed by atoms with Gasteiger partial charge < -0.3 is 14.8 Å². The van der Waals surface area contributed by atoms with E-state index >= 15 is 0 Å². The van der Waals surface area contributed by atoms with Crippen LogP contribution < -0.4 is 14.8 Å². The Morgan fingerprint density at radius 1 is 1.23 bits per heavy atom. The van der Waals surface area contributed by atoms with E-state index in [1.807, 2.05) is 36.4 Å². The molecule has 0 aliphatic carbocycles. The third-order valence-electron chi connectivity index (χ3n) is 3.42. The highest BCUT2D eigenvalue weighted by atomic mass is 32.2. The first-order valence-electron chi connectivity index (χ1n) is 7.72. The fourth-order valence-electron chi connectivity index (χ4n) is 2.25. The number of nitriles is 1. The number of nitrogens with one attached hydrogen (secondary N) is 1. The van der Waals surface area contributed by atoms with E-state index in [-0.39, 0.29) is 12.5 Å². The lowest BCUT2D eigenvalue weighted by molar-refractivity contribution is -0.115. The van der Waals surface area contributed by atoms with Crippen molar-refractivity contribution in [1.82, 2.24) is 5.32 Å². The Balaban J connectivity index is 1.80. The van der Waals surface area contributed by atoms with E-state index in [1.54, 1.807) is 24.3 Å². The highest BCUT2D eigenvalue weighted by Gasteiger charge is 2.23. The monoisotopic (exact) mass is 365 g/mol. The van der Waals surface area contributed by atoms with Crippen molar-refractivity contribution in [1.29, 1.82) is 5.26 Å². The van der Waals surface area contributed by atoms with Gasteiger partial charge in [-0.25, -0.2) is 4.99 Å². The number of thioether (sulfide) groups is 1. The van der Waals surface area contributed by atoms with Crippen molar-refractivity contribution >= 4 is 34.6 Å². The van der Waals surface area contributed by atoms with Crippen molar-refractivity contribution < 1.29 is 14.3 Å². The molecule has 1 N–H and O–H groups in total. The topological polar surface area (TPSA) is 83.7 Å². The second-order valence-corrected chi connectivity index (χ2v) is 6.21. The fraction of sp³-hybridized carbons (Fsp3) is 0.105. The SMILES string of the molecule is COc1cc(C=C2SC(=Nc3ccccc3)NC2=O)ccc1OCC#N. The molecule has 1 fully saturated rings. The van der Waals surface area contributed by atoms with Crippen molar-refractivity contribution in [3.8, 4) is 17.6 Å². The number of methoxy groups -OCH3 is 1. The summed E-state index contributed by atoms with van der Waals surface area (Å²) in [6, 6.07) is 16.6. The van der Waals surface area contributed by atoms with Gasteiger partial charge in [0.2, 0.25) is 0 Å². The zero-order chi connectivity index (χ0) is 18.4. The number of nitrogens with zero attached hydrogens (tertiary/aromatic N) is 2. The summed E-state index contributed by atoms with van der Waals surface area (Å²) in [5.74, 6) is 0.774. The first-order chi connectivity index (χ1) is 12.7. The second kappa shape index (κ2) is 8.23. The van der Waals surface area contributed by atoms with E-state index in [1.165, 1.54) is 18.9 Å². The smallest absolute Gasteiger partial charge is 0.264 e. The molecular formula is C19H15N3O3S. The number of hydrogen-bond acceptors (Lipinski definition) is 6. The van der Waals surface area contributed by atoms with Gasteiger partial charge in [0, 0.05) is 0 Å². The van der Waals surface area contributed by atoms with Crippen molar-refractivity contribution in [2.45, 2.75) is 0 Å². The number of rotatable bonds is 5. The molecule has 0 bridgehead atoms. The quantitative estimate of drug-likeness (QED) is 0.820. The summed E-state index contributed by atoms with van der Waals surface area (Å²) in [4.78, 5) is 17.1. The average molecular weight is 365 g/mol. The molecular weight excluding hydrogens is 350 g/mol. The number of carbonyl (C=O) groups excluding carboxylic acids is 1. The fourth-order valence-corrected chi connectivity index (χ4v) is 3.10. The molecule has 7 heteroatoms. The predicted octanol–water partition coefficient (Wildman–Crippen LogP) is 3.49. The first kappa shape index (κ1) is 17.6. The first-order valence-corrected chi connectivity index (χ1v) is 8.53. The standard InChI is InChI=1S/C19H15N3O3S/c1-24-16-11-13(7-8-15(16)25-10-9-20)12-17-18(23)22-19(26-17)21-14-5-3-2-4-6-14/h2-8,11-12H,10H2,1H3,(H,21,22,23). The van der Waals surface area contributed by atoms with Crippen molar-refractivity contribution in [2.24, 2.45) is 4.99 Å². The van der Waals surface area contributed by atoms with Crippen LogP contribution in [0.1, 0.15) is 5.56 Å². The molecule has 2 aromatic rings. The third-order valence-corrected chi connectivity index (χ3v) is 4.33. The normalized spacial score (nSPS) is 16.4. The number of para-hydroxylation sites is 1. The van der Waals surface area contributed by atoms with Gasteiger partial charge in [0.1, 0.15) is 6.07 Å². The molecule has 130 valence electrons. The highest BCUT2D eigenvalue weighted by molar-refractivity contribution is 8.18. The van der Waals surface area contributed by atoms with E-state index < -0.39 is 0 Å². The largest absolute Gasteiger partial charge is 0.493 e. The minimum Gasteiger partial charge on any atom is -0.493 e. The maximum absolute atomic E-state index is 12.2. The summed E-state index contributed by atoms with van der Waals surface area (Å²) < 4.78 is 10.6. The lowest BCUT2D eigenvalue weighted by atomic mass is 10.2. The van der Waals surface area contributed by atoms with Gasteiger partial charge in [0.05, 0.1) is 17.7 Å². The number of ether oxygens (including phenoxy) is 2. The zero-order valence-corrected chi connectivity index (χ0v) is 14.7. The van der Waals surface area contributed by atoms with Crippen LogP contribution in [0.5, 0.6) is 11.5 Å². The molecule has 0 aromatic heterocycles. The molecule has 0 spiro atoms. The number of aliphatic imine (C=N–C) groups is 1. The molecule has 2 aromatic carbocycles. The van der Waals surface area contributed by atoms with Gasteiger partial charge in [0.15, 0.2) is 23.3 Å².